The largest absolute Gasteiger partial charge is 0.482 e. The summed E-state index contributed by atoms with van der Waals surface area (Å²) >= 11 is 0. The van der Waals surface area contributed by atoms with Gasteiger partial charge in [0, 0.05) is 6.54 Å². The van der Waals surface area contributed by atoms with Crippen molar-refractivity contribution < 1.29 is 23.9 Å². The number of benzene rings is 1. The normalized spacial score (nSPS) is 10.7. The van der Waals surface area contributed by atoms with Crippen molar-refractivity contribution in [2.24, 2.45) is 0 Å². The van der Waals surface area contributed by atoms with Gasteiger partial charge in [-0.15, -0.1) is 0 Å². The molecule has 3 amide bonds. The molecule has 0 saturated carbocycles. The number of ether oxygens (including phenoxy) is 2. The van der Waals surface area contributed by atoms with Gasteiger partial charge in [0.15, 0.2) is 13.2 Å². The first-order chi connectivity index (χ1) is 11.2. The second kappa shape index (κ2) is 8.90. The number of carbonyl (C=O) groups excluding carboxylic acids is 3. The van der Waals surface area contributed by atoms with E-state index in [2.05, 4.69) is 26.1 Å². The highest BCUT2D eigenvalue weighted by Gasteiger charge is 2.14. The van der Waals surface area contributed by atoms with E-state index in [1.165, 1.54) is 0 Å². The topological polar surface area (TPSA) is 93.7 Å². The van der Waals surface area contributed by atoms with Crippen molar-refractivity contribution in [1.29, 1.82) is 0 Å². The summed E-state index contributed by atoms with van der Waals surface area (Å²) in [5.41, 5.74) is 1.19. The lowest BCUT2D eigenvalue weighted by molar-refractivity contribution is -0.150. The summed E-state index contributed by atoms with van der Waals surface area (Å²) in [4.78, 5) is 34.0. The number of urea groups is 1. The average Bonchev–Trinajstić information content (AvgIpc) is 2.50. The Balaban J connectivity index is 2.33. The minimum absolute atomic E-state index is 0.0366. The van der Waals surface area contributed by atoms with Gasteiger partial charge in [0.25, 0.3) is 5.91 Å². The van der Waals surface area contributed by atoms with Crippen LogP contribution in [-0.4, -0.2) is 37.7 Å². The summed E-state index contributed by atoms with van der Waals surface area (Å²) in [5, 5.41) is 4.41. The van der Waals surface area contributed by atoms with E-state index in [1.807, 2.05) is 17.4 Å². The molecule has 0 aromatic heterocycles. The standard InChI is InChI=1S/C17H24N2O5/c1-5-18-16(22)19-14(20)10-24-15(21)11-23-13-8-6-12(7-9-13)17(2,3)4/h6-9H,5,10-11H2,1-4H3,(H2,18,19,20,22). The summed E-state index contributed by atoms with van der Waals surface area (Å²) in [6, 6.07) is 6.78. The molecule has 0 aliphatic carbocycles. The SMILES string of the molecule is CCNC(=O)NC(=O)COC(=O)COc1ccc(C(C)(C)C)cc1. The van der Waals surface area contributed by atoms with Crippen molar-refractivity contribution >= 4 is 17.9 Å². The van der Waals surface area contributed by atoms with Gasteiger partial charge in [0.2, 0.25) is 0 Å². The molecule has 1 aromatic carbocycles. The van der Waals surface area contributed by atoms with Crippen molar-refractivity contribution in [3.8, 4) is 5.75 Å². The van der Waals surface area contributed by atoms with E-state index in [0.29, 0.717) is 12.3 Å². The van der Waals surface area contributed by atoms with E-state index < -0.39 is 24.5 Å². The van der Waals surface area contributed by atoms with Crippen LogP contribution in [0.15, 0.2) is 24.3 Å². The first-order valence-electron chi connectivity index (χ1n) is 7.69. The predicted molar refractivity (Wildman–Crippen MR) is 88.8 cm³/mol. The number of esters is 1. The lowest BCUT2D eigenvalue weighted by Gasteiger charge is -2.19. The van der Waals surface area contributed by atoms with Crippen molar-refractivity contribution in [3.63, 3.8) is 0 Å². The summed E-state index contributed by atoms with van der Waals surface area (Å²) in [5.74, 6) is -0.864. The molecule has 0 aliphatic rings. The molecule has 0 bridgehead atoms. The lowest BCUT2D eigenvalue weighted by atomic mass is 9.87. The van der Waals surface area contributed by atoms with Crippen LogP contribution in [0.2, 0.25) is 0 Å². The summed E-state index contributed by atoms with van der Waals surface area (Å²) < 4.78 is 10.0. The average molecular weight is 336 g/mol. The Bertz CT molecular complexity index is 576. The number of nitrogens with one attached hydrogen (secondary N) is 2. The third-order valence-electron chi connectivity index (χ3n) is 3.03. The Morgan fingerprint density at radius 3 is 2.21 bits per heavy atom. The van der Waals surface area contributed by atoms with Crippen LogP contribution in [0.4, 0.5) is 4.79 Å². The number of amides is 3. The third-order valence-corrected chi connectivity index (χ3v) is 3.03. The fraction of sp³-hybridized carbons (Fsp3) is 0.471. The fourth-order valence-electron chi connectivity index (χ4n) is 1.75. The minimum atomic E-state index is -0.705. The Labute approximate surface area is 141 Å². The molecule has 0 spiro atoms. The molecule has 0 aliphatic heterocycles. The highest BCUT2D eigenvalue weighted by atomic mass is 16.6. The van der Waals surface area contributed by atoms with Crippen molar-refractivity contribution in [3.05, 3.63) is 29.8 Å². The van der Waals surface area contributed by atoms with Gasteiger partial charge in [-0.3, -0.25) is 10.1 Å². The fourth-order valence-corrected chi connectivity index (χ4v) is 1.75. The number of carbonyl (C=O) groups is 3. The zero-order valence-electron chi connectivity index (χ0n) is 14.5. The van der Waals surface area contributed by atoms with Gasteiger partial charge in [-0.2, -0.15) is 0 Å². The Morgan fingerprint density at radius 2 is 1.67 bits per heavy atom. The molecule has 0 saturated heterocycles. The van der Waals surface area contributed by atoms with Crippen LogP contribution in [-0.2, 0) is 19.7 Å². The maximum Gasteiger partial charge on any atom is 0.344 e. The van der Waals surface area contributed by atoms with E-state index in [4.69, 9.17) is 9.47 Å². The first kappa shape index (κ1) is 19.5. The number of imide groups is 1. The second-order valence-corrected chi connectivity index (χ2v) is 6.13. The predicted octanol–water partition coefficient (Wildman–Crippen LogP) is 1.75. The quantitative estimate of drug-likeness (QED) is 0.772. The van der Waals surface area contributed by atoms with Gasteiger partial charge in [0.1, 0.15) is 5.75 Å². The van der Waals surface area contributed by atoms with Crippen molar-refractivity contribution in [2.45, 2.75) is 33.1 Å². The monoisotopic (exact) mass is 336 g/mol. The molecule has 0 heterocycles. The van der Waals surface area contributed by atoms with Crippen LogP contribution in [0.5, 0.6) is 5.75 Å². The van der Waals surface area contributed by atoms with Crippen LogP contribution < -0.4 is 15.4 Å². The molecule has 0 radical (unpaired) electrons. The van der Waals surface area contributed by atoms with Crippen LogP contribution >= 0.6 is 0 Å². The lowest BCUT2D eigenvalue weighted by Crippen LogP contribution is -2.41. The summed E-state index contributed by atoms with van der Waals surface area (Å²) in [6.07, 6.45) is 0. The van der Waals surface area contributed by atoms with Gasteiger partial charge < -0.3 is 14.8 Å². The van der Waals surface area contributed by atoms with Crippen LogP contribution in [0.3, 0.4) is 0 Å². The molecule has 7 nitrogen and oxygen atoms in total. The molecule has 1 aromatic rings. The highest BCUT2D eigenvalue weighted by Crippen LogP contribution is 2.24. The first-order valence-corrected chi connectivity index (χ1v) is 7.69. The van der Waals surface area contributed by atoms with Crippen molar-refractivity contribution in [2.75, 3.05) is 19.8 Å². The van der Waals surface area contributed by atoms with Crippen LogP contribution in [0.1, 0.15) is 33.3 Å². The Morgan fingerprint density at radius 1 is 1.04 bits per heavy atom. The minimum Gasteiger partial charge on any atom is -0.482 e. The zero-order chi connectivity index (χ0) is 18.2. The molecule has 7 heteroatoms. The van der Waals surface area contributed by atoms with Crippen LogP contribution in [0, 0.1) is 0 Å². The van der Waals surface area contributed by atoms with Gasteiger partial charge in [0.05, 0.1) is 0 Å². The Hall–Kier alpha value is -2.57. The maximum atomic E-state index is 11.5. The van der Waals surface area contributed by atoms with Crippen LogP contribution in [0.25, 0.3) is 0 Å². The number of rotatable bonds is 6. The molecule has 0 fully saturated rings. The molecule has 1 rings (SSSR count). The summed E-state index contributed by atoms with van der Waals surface area (Å²) in [6.45, 7) is 7.56. The highest BCUT2D eigenvalue weighted by molar-refractivity contribution is 5.95. The zero-order valence-corrected chi connectivity index (χ0v) is 14.5. The third kappa shape index (κ3) is 7.13. The number of hydrogen-bond acceptors (Lipinski definition) is 5. The molecule has 0 atom stereocenters. The molecule has 0 unspecified atom stereocenters. The van der Waals surface area contributed by atoms with Gasteiger partial charge in [-0.1, -0.05) is 32.9 Å². The molecular weight excluding hydrogens is 312 g/mol. The molecule has 2 N–H and O–H groups in total. The summed E-state index contributed by atoms with van der Waals surface area (Å²) in [7, 11) is 0. The van der Waals surface area contributed by atoms with E-state index in [0.717, 1.165) is 5.56 Å². The van der Waals surface area contributed by atoms with E-state index in [-0.39, 0.29) is 12.0 Å². The smallest absolute Gasteiger partial charge is 0.344 e. The van der Waals surface area contributed by atoms with E-state index in [1.54, 1.807) is 19.1 Å². The number of hydrogen-bond donors (Lipinski definition) is 2. The molecular formula is C17H24N2O5. The van der Waals surface area contributed by atoms with Gasteiger partial charge in [-0.25, -0.2) is 9.59 Å². The Kier molecular flexibility index (Phi) is 7.23. The maximum absolute atomic E-state index is 11.5. The van der Waals surface area contributed by atoms with Gasteiger partial charge >= 0.3 is 12.0 Å². The van der Waals surface area contributed by atoms with Crippen molar-refractivity contribution in [1.82, 2.24) is 10.6 Å². The van der Waals surface area contributed by atoms with E-state index >= 15 is 0 Å². The van der Waals surface area contributed by atoms with Gasteiger partial charge in [-0.05, 0) is 30.0 Å². The molecule has 132 valence electrons. The second-order valence-electron chi connectivity index (χ2n) is 6.13. The molecule has 24 heavy (non-hydrogen) atoms. The van der Waals surface area contributed by atoms with E-state index in [9.17, 15) is 14.4 Å².